The van der Waals surface area contributed by atoms with Gasteiger partial charge in [-0.15, -0.1) is 11.3 Å². The van der Waals surface area contributed by atoms with Crippen molar-refractivity contribution < 1.29 is 4.79 Å². The van der Waals surface area contributed by atoms with Gasteiger partial charge in [0.2, 0.25) is 0 Å². The minimum Gasteiger partial charge on any atom is -0.337 e. The molecule has 0 radical (unpaired) electrons. The summed E-state index contributed by atoms with van der Waals surface area (Å²) in [6.45, 7) is 2.52. The molecule has 112 valence electrons. The molecule has 1 amide bonds. The zero-order chi connectivity index (χ0) is 15.5. The van der Waals surface area contributed by atoms with Gasteiger partial charge in [-0.2, -0.15) is 11.3 Å². The highest BCUT2D eigenvalue weighted by Crippen LogP contribution is 2.28. The van der Waals surface area contributed by atoms with Gasteiger partial charge in [0.15, 0.2) is 0 Å². The van der Waals surface area contributed by atoms with Crippen LogP contribution in [0.25, 0.3) is 10.6 Å². The topological polar surface area (TPSA) is 33.2 Å². The Morgan fingerprint density at radius 1 is 1.23 bits per heavy atom. The number of aromatic nitrogens is 1. The quantitative estimate of drug-likeness (QED) is 0.709. The average molecular weight is 328 g/mol. The molecule has 3 nitrogen and oxygen atoms in total. The molecule has 2 heterocycles. The Bertz CT molecular complexity index is 763. The standard InChI is InChI=1S/C17H16N2OS2/c1-12-15(17(20)19(2)10-13-8-9-21-11-13)22-16(18-12)14-6-4-3-5-7-14/h3-9,11H,10H2,1-2H3. The summed E-state index contributed by atoms with van der Waals surface area (Å²) in [4.78, 5) is 19.7. The molecule has 5 heteroatoms. The molecule has 0 aliphatic rings. The first kappa shape index (κ1) is 14.9. The van der Waals surface area contributed by atoms with Crippen molar-refractivity contribution in [1.82, 2.24) is 9.88 Å². The van der Waals surface area contributed by atoms with Crippen LogP contribution >= 0.6 is 22.7 Å². The Kier molecular flexibility index (Phi) is 4.36. The van der Waals surface area contributed by atoms with E-state index < -0.39 is 0 Å². The van der Waals surface area contributed by atoms with Crippen LogP contribution in [0.3, 0.4) is 0 Å². The van der Waals surface area contributed by atoms with Crippen molar-refractivity contribution in [3.63, 3.8) is 0 Å². The van der Waals surface area contributed by atoms with Gasteiger partial charge in [0.25, 0.3) is 5.91 Å². The second-order valence-corrected chi connectivity index (χ2v) is 6.87. The maximum Gasteiger partial charge on any atom is 0.265 e. The number of aryl methyl sites for hydroxylation is 1. The second kappa shape index (κ2) is 6.42. The minimum atomic E-state index is 0.0309. The zero-order valence-corrected chi connectivity index (χ0v) is 14.1. The van der Waals surface area contributed by atoms with Crippen LogP contribution in [0, 0.1) is 6.92 Å². The van der Waals surface area contributed by atoms with E-state index in [-0.39, 0.29) is 5.91 Å². The fraction of sp³-hybridized carbons (Fsp3) is 0.176. The van der Waals surface area contributed by atoms with Crippen LogP contribution in [0.1, 0.15) is 20.9 Å². The van der Waals surface area contributed by atoms with E-state index in [9.17, 15) is 4.79 Å². The third-order valence-corrected chi connectivity index (χ3v) is 5.28. The lowest BCUT2D eigenvalue weighted by Gasteiger charge is -2.15. The molecule has 0 aliphatic carbocycles. The highest BCUT2D eigenvalue weighted by atomic mass is 32.1. The van der Waals surface area contributed by atoms with E-state index in [0.717, 1.165) is 26.7 Å². The predicted molar refractivity (Wildman–Crippen MR) is 92.4 cm³/mol. The first-order chi connectivity index (χ1) is 10.6. The molecule has 0 unspecified atom stereocenters. The summed E-state index contributed by atoms with van der Waals surface area (Å²) >= 11 is 3.11. The zero-order valence-electron chi connectivity index (χ0n) is 12.4. The van der Waals surface area contributed by atoms with Crippen molar-refractivity contribution in [2.45, 2.75) is 13.5 Å². The smallest absolute Gasteiger partial charge is 0.265 e. The number of benzene rings is 1. The average Bonchev–Trinajstić information content (AvgIpc) is 3.17. The molecule has 1 aromatic carbocycles. The molecule has 0 atom stereocenters. The number of nitrogens with zero attached hydrogens (tertiary/aromatic N) is 2. The van der Waals surface area contributed by atoms with Crippen molar-refractivity contribution in [3.05, 3.63) is 63.3 Å². The summed E-state index contributed by atoms with van der Waals surface area (Å²) in [6, 6.07) is 12.0. The van der Waals surface area contributed by atoms with E-state index in [1.54, 1.807) is 16.2 Å². The number of carbonyl (C=O) groups is 1. The lowest BCUT2D eigenvalue weighted by atomic mass is 10.2. The van der Waals surface area contributed by atoms with Gasteiger partial charge < -0.3 is 4.90 Å². The van der Waals surface area contributed by atoms with Gasteiger partial charge in [-0.3, -0.25) is 4.79 Å². The van der Waals surface area contributed by atoms with Crippen LogP contribution in [0.5, 0.6) is 0 Å². The van der Waals surface area contributed by atoms with Crippen molar-refractivity contribution in [2.24, 2.45) is 0 Å². The molecule has 0 saturated heterocycles. The Morgan fingerprint density at radius 2 is 2.00 bits per heavy atom. The number of carbonyl (C=O) groups excluding carboxylic acids is 1. The van der Waals surface area contributed by atoms with Crippen molar-refractivity contribution in [2.75, 3.05) is 7.05 Å². The number of rotatable bonds is 4. The van der Waals surface area contributed by atoms with Gasteiger partial charge in [-0.05, 0) is 29.3 Å². The van der Waals surface area contributed by atoms with Gasteiger partial charge in [0.1, 0.15) is 9.88 Å². The lowest BCUT2D eigenvalue weighted by molar-refractivity contribution is 0.0789. The summed E-state index contributed by atoms with van der Waals surface area (Å²) in [5.41, 5.74) is 3.01. The van der Waals surface area contributed by atoms with Crippen LogP contribution in [-0.2, 0) is 6.54 Å². The molecule has 22 heavy (non-hydrogen) atoms. The van der Waals surface area contributed by atoms with E-state index in [4.69, 9.17) is 0 Å². The Morgan fingerprint density at radius 3 is 2.68 bits per heavy atom. The van der Waals surface area contributed by atoms with Gasteiger partial charge >= 0.3 is 0 Å². The first-order valence-corrected chi connectivity index (χ1v) is 8.70. The summed E-state index contributed by atoms with van der Waals surface area (Å²) < 4.78 is 0. The van der Waals surface area contributed by atoms with Gasteiger partial charge in [0, 0.05) is 19.2 Å². The lowest BCUT2D eigenvalue weighted by Crippen LogP contribution is -2.25. The fourth-order valence-corrected chi connectivity index (χ4v) is 3.93. The van der Waals surface area contributed by atoms with Gasteiger partial charge in [0.05, 0.1) is 5.69 Å². The number of thiazole rings is 1. The molecule has 0 N–H and O–H groups in total. The summed E-state index contributed by atoms with van der Waals surface area (Å²) in [6.07, 6.45) is 0. The number of hydrogen-bond acceptors (Lipinski definition) is 4. The fourth-order valence-electron chi connectivity index (χ4n) is 2.20. The Labute approximate surface area is 137 Å². The molecule has 0 saturated carbocycles. The largest absolute Gasteiger partial charge is 0.337 e. The SMILES string of the molecule is Cc1nc(-c2ccccc2)sc1C(=O)N(C)Cc1ccsc1. The predicted octanol–water partition coefficient (Wildman–Crippen LogP) is 4.45. The van der Waals surface area contributed by atoms with Crippen molar-refractivity contribution in [3.8, 4) is 10.6 Å². The highest BCUT2D eigenvalue weighted by molar-refractivity contribution is 7.17. The number of thiophene rings is 1. The van der Waals surface area contributed by atoms with E-state index in [1.165, 1.54) is 11.3 Å². The molecular weight excluding hydrogens is 312 g/mol. The minimum absolute atomic E-state index is 0.0309. The van der Waals surface area contributed by atoms with E-state index in [0.29, 0.717) is 6.54 Å². The molecule has 0 spiro atoms. The maximum absolute atomic E-state index is 12.6. The molecule has 0 aliphatic heterocycles. The summed E-state index contributed by atoms with van der Waals surface area (Å²) in [7, 11) is 1.83. The third kappa shape index (κ3) is 3.10. The van der Waals surface area contributed by atoms with Crippen LogP contribution in [-0.4, -0.2) is 22.8 Å². The molecule has 3 aromatic rings. The number of hydrogen-bond donors (Lipinski definition) is 0. The van der Waals surface area contributed by atoms with Crippen LogP contribution in [0.4, 0.5) is 0 Å². The van der Waals surface area contributed by atoms with E-state index in [2.05, 4.69) is 10.4 Å². The van der Waals surface area contributed by atoms with Crippen molar-refractivity contribution in [1.29, 1.82) is 0 Å². The van der Waals surface area contributed by atoms with E-state index in [1.807, 2.05) is 55.7 Å². The first-order valence-electron chi connectivity index (χ1n) is 6.94. The second-order valence-electron chi connectivity index (χ2n) is 5.09. The number of amides is 1. The molecule has 0 bridgehead atoms. The van der Waals surface area contributed by atoms with Crippen LogP contribution in [0.2, 0.25) is 0 Å². The third-order valence-electron chi connectivity index (χ3n) is 3.36. The summed E-state index contributed by atoms with van der Waals surface area (Å²) in [5, 5.41) is 4.99. The molecular formula is C17H16N2OS2. The van der Waals surface area contributed by atoms with Crippen molar-refractivity contribution >= 4 is 28.6 Å². The highest BCUT2D eigenvalue weighted by Gasteiger charge is 2.19. The van der Waals surface area contributed by atoms with Gasteiger partial charge in [-0.1, -0.05) is 30.3 Å². The van der Waals surface area contributed by atoms with Gasteiger partial charge in [-0.25, -0.2) is 4.98 Å². The van der Waals surface area contributed by atoms with Crippen LogP contribution in [0.15, 0.2) is 47.2 Å². The monoisotopic (exact) mass is 328 g/mol. The van der Waals surface area contributed by atoms with Crippen LogP contribution < -0.4 is 0 Å². The Balaban J connectivity index is 1.82. The molecule has 0 fully saturated rings. The normalized spacial score (nSPS) is 10.6. The summed E-state index contributed by atoms with van der Waals surface area (Å²) in [5.74, 6) is 0.0309. The molecule has 3 rings (SSSR count). The maximum atomic E-state index is 12.6. The Hall–Kier alpha value is -1.98. The van der Waals surface area contributed by atoms with E-state index >= 15 is 0 Å². The molecule has 2 aromatic heterocycles.